The van der Waals surface area contributed by atoms with Gasteiger partial charge >= 0.3 is 0 Å². The van der Waals surface area contributed by atoms with E-state index in [1.807, 2.05) is 24.3 Å². The van der Waals surface area contributed by atoms with Gasteiger partial charge in [0.15, 0.2) is 0 Å². The molecule has 1 aromatic heterocycles. The molecule has 1 heterocycles. The summed E-state index contributed by atoms with van der Waals surface area (Å²) in [6.07, 6.45) is 2.43. The predicted molar refractivity (Wildman–Crippen MR) is 101 cm³/mol. The second-order valence-electron chi connectivity index (χ2n) is 5.34. The Morgan fingerprint density at radius 3 is 2.52 bits per heavy atom. The Morgan fingerprint density at radius 1 is 1.04 bits per heavy atom. The molecule has 0 atom stereocenters. The minimum atomic E-state index is -0.345. The van der Waals surface area contributed by atoms with Crippen LogP contribution in [0.4, 0.5) is 17.3 Å². The molecule has 0 bridgehead atoms. The van der Waals surface area contributed by atoms with Gasteiger partial charge in [-0.25, -0.2) is 9.97 Å². The van der Waals surface area contributed by atoms with Crippen LogP contribution in [0.15, 0.2) is 60.8 Å². The third kappa shape index (κ3) is 4.14. The minimum absolute atomic E-state index is 0.256. The molecule has 25 heavy (non-hydrogen) atoms. The number of para-hydroxylation sites is 2. The first kappa shape index (κ1) is 16.9. The molecule has 3 aromatic rings. The number of hydrogen-bond acceptors (Lipinski definition) is 4. The minimum Gasteiger partial charge on any atom is -0.324 e. The highest BCUT2D eigenvalue weighted by atomic mass is 35.5. The number of hydrogen-bond donors (Lipinski definition) is 2. The lowest BCUT2D eigenvalue weighted by Crippen LogP contribution is -2.15. The molecule has 0 fully saturated rings. The molecular weight excluding hydrogens is 336 g/mol. The summed E-state index contributed by atoms with van der Waals surface area (Å²) in [5, 5.41) is 6.39. The van der Waals surface area contributed by atoms with Crippen molar-refractivity contribution in [1.29, 1.82) is 0 Å². The highest BCUT2D eigenvalue weighted by molar-refractivity contribution is 6.33. The largest absolute Gasteiger partial charge is 0.324 e. The number of rotatable bonds is 5. The summed E-state index contributed by atoms with van der Waals surface area (Å²) in [6, 6.07) is 16.5. The van der Waals surface area contributed by atoms with Gasteiger partial charge in [0, 0.05) is 11.9 Å². The van der Waals surface area contributed by atoms with E-state index in [4.69, 9.17) is 11.6 Å². The molecule has 0 spiro atoms. The van der Waals surface area contributed by atoms with Gasteiger partial charge in [0.05, 0.1) is 10.7 Å². The van der Waals surface area contributed by atoms with Crippen molar-refractivity contribution < 1.29 is 4.79 Å². The standard InChI is InChI=1S/C19H17ClN4O/c1-2-13-7-3-5-9-15(13)23-19-21-12-11-17(24-19)18(25)22-16-10-6-4-8-14(16)20/h3-12H,2H2,1H3,(H,22,25)(H,21,23,24). The molecule has 126 valence electrons. The van der Waals surface area contributed by atoms with Gasteiger partial charge in [-0.3, -0.25) is 4.79 Å². The van der Waals surface area contributed by atoms with Crippen LogP contribution in [0.1, 0.15) is 23.0 Å². The van der Waals surface area contributed by atoms with Gasteiger partial charge in [-0.2, -0.15) is 0 Å². The van der Waals surface area contributed by atoms with E-state index in [1.165, 1.54) is 0 Å². The summed E-state index contributed by atoms with van der Waals surface area (Å²) in [7, 11) is 0. The maximum Gasteiger partial charge on any atom is 0.274 e. The summed E-state index contributed by atoms with van der Waals surface area (Å²) in [4.78, 5) is 20.9. The molecular formula is C19H17ClN4O. The van der Waals surface area contributed by atoms with E-state index in [-0.39, 0.29) is 11.6 Å². The predicted octanol–water partition coefficient (Wildman–Crippen LogP) is 4.69. The van der Waals surface area contributed by atoms with Crippen LogP contribution >= 0.6 is 11.6 Å². The van der Waals surface area contributed by atoms with Gasteiger partial charge in [-0.05, 0) is 36.2 Å². The van der Waals surface area contributed by atoms with Crippen molar-refractivity contribution in [2.75, 3.05) is 10.6 Å². The summed E-state index contributed by atoms with van der Waals surface area (Å²) in [6.45, 7) is 2.08. The molecule has 0 aliphatic heterocycles. The van der Waals surface area contributed by atoms with Crippen LogP contribution < -0.4 is 10.6 Å². The van der Waals surface area contributed by atoms with Crippen molar-refractivity contribution >= 4 is 34.8 Å². The van der Waals surface area contributed by atoms with E-state index in [0.29, 0.717) is 16.7 Å². The Balaban J connectivity index is 1.79. The number of benzene rings is 2. The summed E-state index contributed by atoms with van der Waals surface area (Å²) in [5.74, 6) is 0.0232. The average Bonchev–Trinajstić information content (AvgIpc) is 2.64. The van der Waals surface area contributed by atoms with E-state index in [2.05, 4.69) is 27.5 Å². The van der Waals surface area contributed by atoms with Gasteiger partial charge in [0.1, 0.15) is 5.69 Å². The normalized spacial score (nSPS) is 10.3. The molecule has 0 aliphatic rings. The fraction of sp³-hybridized carbons (Fsp3) is 0.105. The van der Waals surface area contributed by atoms with E-state index >= 15 is 0 Å². The van der Waals surface area contributed by atoms with E-state index in [9.17, 15) is 4.79 Å². The number of amides is 1. The summed E-state index contributed by atoms with van der Waals surface area (Å²) < 4.78 is 0. The molecule has 0 unspecified atom stereocenters. The fourth-order valence-electron chi connectivity index (χ4n) is 2.37. The monoisotopic (exact) mass is 352 g/mol. The van der Waals surface area contributed by atoms with E-state index in [1.54, 1.807) is 36.5 Å². The van der Waals surface area contributed by atoms with Gasteiger partial charge in [0.2, 0.25) is 5.95 Å². The first-order valence-corrected chi connectivity index (χ1v) is 8.29. The molecule has 0 saturated heterocycles. The third-order valence-electron chi connectivity index (χ3n) is 3.66. The number of carbonyl (C=O) groups excluding carboxylic acids is 1. The highest BCUT2D eigenvalue weighted by Crippen LogP contribution is 2.22. The van der Waals surface area contributed by atoms with Crippen LogP contribution in [0.5, 0.6) is 0 Å². The third-order valence-corrected chi connectivity index (χ3v) is 3.98. The van der Waals surface area contributed by atoms with Crippen molar-refractivity contribution in [3.8, 4) is 0 Å². The van der Waals surface area contributed by atoms with Crippen molar-refractivity contribution in [2.24, 2.45) is 0 Å². The van der Waals surface area contributed by atoms with Crippen molar-refractivity contribution in [1.82, 2.24) is 9.97 Å². The molecule has 0 saturated carbocycles. The number of aromatic nitrogens is 2. The lowest BCUT2D eigenvalue weighted by molar-refractivity contribution is 0.102. The lowest BCUT2D eigenvalue weighted by Gasteiger charge is -2.10. The maximum absolute atomic E-state index is 12.4. The van der Waals surface area contributed by atoms with Crippen molar-refractivity contribution in [3.63, 3.8) is 0 Å². The average molecular weight is 353 g/mol. The molecule has 2 aromatic carbocycles. The van der Waals surface area contributed by atoms with Crippen LogP contribution in [0.25, 0.3) is 0 Å². The number of nitrogens with zero attached hydrogens (tertiary/aromatic N) is 2. The summed E-state index contributed by atoms with van der Waals surface area (Å²) in [5.41, 5.74) is 2.87. The van der Waals surface area contributed by atoms with Crippen LogP contribution in [-0.4, -0.2) is 15.9 Å². The topological polar surface area (TPSA) is 66.9 Å². The zero-order valence-corrected chi connectivity index (χ0v) is 14.4. The van der Waals surface area contributed by atoms with Gasteiger partial charge < -0.3 is 10.6 Å². The van der Waals surface area contributed by atoms with Crippen molar-refractivity contribution in [3.05, 3.63) is 77.1 Å². The van der Waals surface area contributed by atoms with Crippen LogP contribution in [0.2, 0.25) is 5.02 Å². The van der Waals surface area contributed by atoms with Crippen LogP contribution in [0.3, 0.4) is 0 Å². The number of anilines is 3. The first-order valence-electron chi connectivity index (χ1n) is 7.91. The molecule has 2 N–H and O–H groups in total. The molecule has 1 amide bonds. The van der Waals surface area contributed by atoms with Crippen LogP contribution in [0, 0.1) is 0 Å². The Hall–Kier alpha value is -2.92. The van der Waals surface area contributed by atoms with Gasteiger partial charge in [-0.15, -0.1) is 0 Å². The first-order chi connectivity index (χ1) is 12.2. The highest BCUT2D eigenvalue weighted by Gasteiger charge is 2.11. The van der Waals surface area contributed by atoms with Crippen molar-refractivity contribution in [2.45, 2.75) is 13.3 Å². The van der Waals surface area contributed by atoms with E-state index in [0.717, 1.165) is 17.7 Å². The Kier molecular flexibility index (Phi) is 5.26. The molecule has 6 heteroatoms. The second-order valence-corrected chi connectivity index (χ2v) is 5.74. The number of carbonyl (C=O) groups is 1. The lowest BCUT2D eigenvalue weighted by atomic mass is 10.1. The molecule has 5 nitrogen and oxygen atoms in total. The van der Waals surface area contributed by atoms with Gasteiger partial charge in [0.25, 0.3) is 5.91 Å². The number of aryl methyl sites for hydroxylation is 1. The number of nitrogens with one attached hydrogen (secondary N) is 2. The maximum atomic E-state index is 12.4. The molecule has 0 aliphatic carbocycles. The number of halogens is 1. The molecule has 0 radical (unpaired) electrons. The Labute approximate surface area is 151 Å². The summed E-state index contributed by atoms with van der Waals surface area (Å²) >= 11 is 6.07. The zero-order valence-electron chi connectivity index (χ0n) is 13.7. The second kappa shape index (κ2) is 7.77. The Bertz CT molecular complexity index is 898. The SMILES string of the molecule is CCc1ccccc1Nc1nccc(C(=O)Nc2ccccc2Cl)n1. The fourth-order valence-corrected chi connectivity index (χ4v) is 2.55. The molecule has 3 rings (SSSR count). The Morgan fingerprint density at radius 2 is 1.76 bits per heavy atom. The van der Waals surface area contributed by atoms with Crippen LogP contribution in [-0.2, 0) is 6.42 Å². The zero-order chi connectivity index (χ0) is 17.6. The quantitative estimate of drug-likeness (QED) is 0.699. The van der Waals surface area contributed by atoms with Gasteiger partial charge in [-0.1, -0.05) is 48.9 Å². The smallest absolute Gasteiger partial charge is 0.274 e. The van der Waals surface area contributed by atoms with E-state index < -0.39 is 0 Å².